The van der Waals surface area contributed by atoms with Crippen molar-refractivity contribution in [3.05, 3.63) is 198 Å². The van der Waals surface area contributed by atoms with Crippen LogP contribution in [0.15, 0.2) is 176 Å². The highest BCUT2D eigenvalue weighted by Gasteiger charge is 2.22. The Kier molecular flexibility index (Phi) is 10.2. The van der Waals surface area contributed by atoms with Crippen molar-refractivity contribution in [2.24, 2.45) is 0 Å². The van der Waals surface area contributed by atoms with Gasteiger partial charge in [-0.15, -0.1) is 0 Å². The first-order valence-corrected chi connectivity index (χ1v) is 21.2. The predicted octanol–water partition coefficient (Wildman–Crippen LogP) is 15.9. The molecule has 0 radical (unpaired) electrons. The van der Waals surface area contributed by atoms with Gasteiger partial charge in [-0.2, -0.15) is 0 Å². The Bertz CT molecular complexity index is 2890. The van der Waals surface area contributed by atoms with Gasteiger partial charge in [-0.05, 0) is 141 Å². The number of benzene rings is 8. The van der Waals surface area contributed by atoms with Crippen molar-refractivity contribution in [2.75, 3.05) is 4.90 Å². The van der Waals surface area contributed by atoms with Crippen LogP contribution in [0.4, 0.5) is 11.4 Å². The van der Waals surface area contributed by atoms with Crippen molar-refractivity contribution < 1.29 is 0 Å². The van der Waals surface area contributed by atoms with Gasteiger partial charge in [0, 0.05) is 33.5 Å². The largest absolute Gasteiger partial charge is 0.314 e. The van der Waals surface area contributed by atoms with Gasteiger partial charge >= 0.3 is 0 Å². The van der Waals surface area contributed by atoms with Gasteiger partial charge < -0.3 is 9.47 Å². The molecule has 0 spiro atoms. The fraction of sp³-hybridized carbons (Fsp3) is 0.143. The molecule has 0 N–H and O–H groups in total. The van der Waals surface area contributed by atoms with E-state index in [-0.39, 0.29) is 0 Å². The van der Waals surface area contributed by atoms with Gasteiger partial charge in [0.15, 0.2) is 0 Å². The number of aromatic nitrogens is 1. The number of hydrogen-bond acceptors (Lipinski definition) is 1. The SMILES string of the molecule is C1=Cc2cc(-c3ccc(N(C4=Cc5ccc(-n6c7ccc8ccccc8c7c7c8ccccc8ccc76)cc5CC4)c4ccccc4)cc3)ccc2CC1.CC.CC. The summed E-state index contributed by atoms with van der Waals surface area (Å²) in [7, 11) is 0. The highest BCUT2D eigenvalue weighted by Crippen LogP contribution is 2.42. The minimum atomic E-state index is 0.951. The van der Waals surface area contributed by atoms with Crippen molar-refractivity contribution in [3.63, 3.8) is 0 Å². The Morgan fingerprint density at radius 2 is 1.09 bits per heavy atom. The molecule has 2 nitrogen and oxygen atoms in total. The summed E-state index contributed by atoms with van der Waals surface area (Å²) in [6.07, 6.45) is 11.2. The van der Waals surface area contributed by atoms with Crippen LogP contribution in [0.3, 0.4) is 0 Å². The number of hydrogen-bond donors (Lipinski definition) is 0. The van der Waals surface area contributed by atoms with Crippen molar-refractivity contribution in [1.29, 1.82) is 0 Å². The Balaban J connectivity index is 0.00000106. The molecule has 0 aliphatic heterocycles. The lowest BCUT2D eigenvalue weighted by atomic mass is 9.92. The van der Waals surface area contributed by atoms with Crippen molar-refractivity contribution in [1.82, 2.24) is 4.57 Å². The maximum absolute atomic E-state index is 2.49. The molecule has 9 aromatic rings. The molecule has 2 aliphatic carbocycles. The van der Waals surface area contributed by atoms with Crippen molar-refractivity contribution >= 4 is 66.9 Å². The molecule has 0 unspecified atom stereocenters. The van der Waals surface area contributed by atoms with Crippen LogP contribution in [0.1, 0.15) is 62.8 Å². The summed E-state index contributed by atoms with van der Waals surface area (Å²) in [6.45, 7) is 8.00. The molecule has 2 aliphatic rings. The Morgan fingerprint density at radius 3 is 1.78 bits per heavy atom. The first kappa shape index (κ1) is 37.0. The lowest BCUT2D eigenvalue weighted by Gasteiger charge is -2.31. The first-order chi connectivity index (χ1) is 28.8. The molecule has 0 atom stereocenters. The van der Waals surface area contributed by atoms with Crippen LogP contribution in [-0.2, 0) is 12.8 Å². The lowest BCUT2D eigenvalue weighted by Crippen LogP contribution is -2.19. The summed E-state index contributed by atoms with van der Waals surface area (Å²) >= 11 is 0. The molecule has 284 valence electrons. The lowest BCUT2D eigenvalue weighted by molar-refractivity contribution is 0.892. The zero-order valence-corrected chi connectivity index (χ0v) is 34.0. The van der Waals surface area contributed by atoms with E-state index in [1.807, 2.05) is 27.7 Å². The molecule has 2 heteroatoms. The Labute approximate surface area is 343 Å². The van der Waals surface area contributed by atoms with Gasteiger partial charge in [-0.3, -0.25) is 0 Å². The van der Waals surface area contributed by atoms with Crippen molar-refractivity contribution in [3.8, 4) is 16.8 Å². The van der Waals surface area contributed by atoms with Gasteiger partial charge in [-0.25, -0.2) is 0 Å². The summed E-state index contributed by atoms with van der Waals surface area (Å²) in [6, 6.07) is 60.7. The molecule has 0 saturated heterocycles. The second-order valence-electron chi connectivity index (χ2n) is 14.8. The van der Waals surface area contributed by atoms with Gasteiger partial charge in [0.25, 0.3) is 0 Å². The minimum Gasteiger partial charge on any atom is -0.314 e. The van der Waals surface area contributed by atoms with Crippen LogP contribution in [0.5, 0.6) is 0 Å². The molecule has 1 heterocycles. The summed E-state index contributed by atoms with van der Waals surface area (Å²) in [5.41, 5.74) is 15.4. The zero-order valence-electron chi connectivity index (χ0n) is 34.0. The van der Waals surface area contributed by atoms with Gasteiger partial charge in [0.2, 0.25) is 0 Å². The minimum absolute atomic E-state index is 0.951. The number of para-hydroxylation sites is 1. The topological polar surface area (TPSA) is 8.17 Å². The standard InChI is InChI=1S/C52H38N2.2C2H6/c1-2-14-43(15-3-1)53(44-26-20-36(21-27-44)40-19-18-35-10-4-5-13-39(35)32-40)45-28-22-42-34-46(29-23-41(42)33-45)54-49-30-24-37-11-6-8-16-47(37)51(49)52-48-17-9-7-12-38(48)25-31-50(52)54;2*1-2/h1-3,5-9,11-21,23-27,29-34H,4,10,22,28H2;2*1-2H3. The second-order valence-corrected chi connectivity index (χ2v) is 14.8. The van der Waals surface area contributed by atoms with E-state index in [1.165, 1.54) is 99.5 Å². The number of rotatable bonds is 5. The summed E-state index contributed by atoms with van der Waals surface area (Å²) in [4.78, 5) is 2.44. The Hall–Kier alpha value is -6.64. The molecular weight excluding hydrogens is 701 g/mol. The van der Waals surface area contributed by atoms with E-state index in [0.717, 1.165) is 25.7 Å². The third-order valence-electron chi connectivity index (χ3n) is 11.7. The number of nitrogens with zero attached hydrogens (tertiary/aromatic N) is 2. The maximum atomic E-state index is 2.49. The van der Waals surface area contributed by atoms with Gasteiger partial charge in [0.1, 0.15) is 0 Å². The molecule has 8 aromatic carbocycles. The highest BCUT2D eigenvalue weighted by atomic mass is 15.1. The molecular formula is C56H50N2. The van der Waals surface area contributed by atoms with Gasteiger partial charge in [0.05, 0.1) is 11.0 Å². The van der Waals surface area contributed by atoms with Crippen LogP contribution in [0.25, 0.3) is 72.3 Å². The number of allylic oxidation sites excluding steroid dienone is 2. The van der Waals surface area contributed by atoms with E-state index in [4.69, 9.17) is 0 Å². The predicted molar refractivity (Wildman–Crippen MR) is 253 cm³/mol. The monoisotopic (exact) mass is 750 g/mol. The summed E-state index contributed by atoms with van der Waals surface area (Å²) in [5, 5.41) is 7.80. The van der Waals surface area contributed by atoms with E-state index in [1.54, 1.807) is 0 Å². The molecule has 1 aromatic heterocycles. The van der Waals surface area contributed by atoms with E-state index in [9.17, 15) is 0 Å². The van der Waals surface area contributed by atoms with Crippen LogP contribution >= 0.6 is 0 Å². The first-order valence-electron chi connectivity index (χ1n) is 21.2. The molecule has 11 rings (SSSR count). The molecule has 0 bridgehead atoms. The average Bonchev–Trinajstić information content (AvgIpc) is 3.66. The van der Waals surface area contributed by atoms with E-state index in [2.05, 4.69) is 191 Å². The summed E-state index contributed by atoms with van der Waals surface area (Å²) < 4.78 is 2.49. The zero-order chi connectivity index (χ0) is 39.6. The number of anilines is 2. The maximum Gasteiger partial charge on any atom is 0.0547 e. The average molecular weight is 751 g/mol. The second kappa shape index (κ2) is 16.1. The fourth-order valence-corrected chi connectivity index (χ4v) is 9.07. The highest BCUT2D eigenvalue weighted by molar-refractivity contribution is 6.28. The van der Waals surface area contributed by atoms with Crippen LogP contribution in [0.2, 0.25) is 0 Å². The third kappa shape index (κ3) is 6.49. The normalized spacial score (nSPS) is 12.9. The van der Waals surface area contributed by atoms with E-state index >= 15 is 0 Å². The smallest absolute Gasteiger partial charge is 0.0547 e. The van der Waals surface area contributed by atoms with Gasteiger partial charge in [-0.1, -0.05) is 149 Å². The fourth-order valence-electron chi connectivity index (χ4n) is 9.07. The third-order valence-corrected chi connectivity index (χ3v) is 11.7. The molecule has 58 heavy (non-hydrogen) atoms. The van der Waals surface area contributed by atoms with E-state index in [0.29, 0.717) is 0 Å². The van der Waals surface area contributed by atoms with Crippen LogP contribution < -0.4 is 4.90 Å². The van der Waals surface area contributed by atoms with E-state index < -0.39 is 0 Å². The van der Waals surface area contributed by atoms with Crippen molar-refractivity contribution in [2.45, 2.75) is 53.4 Å². The Morgan fingerprint density at radius 1 is 0.466 bits per heavy atom. The van der Waals surface area contributed by atoms with Crippen LogP contribution in [-0.4, -0.2) is 4.57 Å². The molecule has 0 saturated carbocycles. The molecule has 0 fully saturated rings. The number of fused-ring (bicyclic) bond motifs is 9. The summed E-state index contributed by atoms with van der Waals surface area (Å²) in [5.74, 6) is 0. The number of aryl methyl sites for hydroxylation is 2. The van der Waals surface area contributed by atoms with Crippen LogP contribution in [0, 0.1) is 0 Å². The molecule has 0 amide bonds. The quantitative estimate of drug-likeness (QED) is 0.170.